The molecule has 1 aromatic carbocycles. The molecule has 0 aliphatic heterocycles. The van der Waals surface area contributed by atoms with Gasteiger partial charge < -0.3 is 5.73 Å². The van der Waals surface area contributed by atoms with E-state index in [9.17, 15) is 8.42 Å². The topological polar surface area (TPSA) is 72.2 Å². The number of nitrogens with one attached hydrogen (secondary N) is 1. The lowest BCUT2D eigenvalue weighted by molar-refractivity contribution is 0.166. The summed E-state index contributed by atoms with van der Waals surface area (Å²) in [5.74, 6) is 0. The minimum Gasteiger partial charge on any atom is -0.398 e. The van der Waals surface area contributed by atoms with Crippen molar-refractivity contribution in [3.8, 4) is 0 Å². The summed E-state index contributed by atoms with van der Waals surface area (Å²) >= 11 is 5.80. The van der Waals surface area contributed by atoms with Crippen LogP contribution < -0.4 is 10.5 Å². The average molecular weight is 289 g/mol. The Morgan fingerprint density at radius 2 is 2.11 bits per heavy atom. The Kier molecular flexibility index (Phi) is 3.58. The molecule has 0 saturated heterocycles. The van der Waals surface area contributed by atoms with Crippen LogP contribution in [0.25, 0.3) is 0 Å². The van der Waals surface area contributed by atoms with Crippen molar-refractivity contribution in [2.24, 2.45) is 5.41 Å². The second kappa shape index (κ2) is 4.72. The summed E-state index contributed by atoms with van der Waals surface area (Å²) < 4.78 is 26.9. The molecule has 1 aromatic rings. The number of nitrogen functional groups attached to an aromatic ring is 1. The van der Waals surface area contributed by atoms with Crippen molar-refractivity contribution in [2.75, 3.05) is 12.3 Å². The van der Waals surface area contributed by atoms with E-state index in [0.29, 0.717) is 11.6 Å². The summed E-state index contributed by atoms with van der Waals surface area (Å²) in [5.41, 5.74) is 5.98. The number of benzene rings is 1. The molecule has 1 saturated carbocycles. The average Bonchev–Trinajstić information content (AvgIpc) is 2.27. The fourth-order valence-corrected chi connectivity index (χ4v) is 3.64. The molecular weight excluding hydrogens is 272 g/mol. The number of halogens is 1. The monoisotopic (exact) mass is 288 g/mol. The maximum Gasteiger partial charge on any atom is 0.242 e. The first-order chi connectivity index (χ1) is 8.32. The van der Waals surface area contributed by atoms with Crippen LogP contribution in [0.1, 0.15) is 26.2 Å². The predicted molar refractivity (Wildman–Crippen MR) is 73.0 cm³/mol. The first kappa shape index (κ1) is 13.6. The highest BCUT2D eigenvalue weighted by molar-refractivity contribution is 7.89. The van der Waals surface area contributed by atoms with Gasteiger partial charge in [0.05, 0.1) is 5.69 Å². The smallest absolute Gasteiger partial charge is 0.242 e. The van der Waals surface area contributed by atoms with Gasteiger partial charge in [0, 0.05) is 11.6 Å². The van der Waals surface area contributed by atoms with Gasteiger partial charge in [-0.05, 0) is 36.5 Å². The highest BCUT2D eigenvalue weighted by Crippen LogP contribution is 2.39. The maximum atomic E-state index is 12.1. The lowest BCUT2D eigenvalue weighted by atomic mass is 9.71. The van der Waals surface area contributed by atoms with Crippen molar-refractivity contribution in [3.05, 3.63) is 23.2 Å². The van der Waals surface area contributed by atoms with Crippen molar-refractivity contribution in [2.45, 2.75) is 31.1 Å². The van der Waals surface area contributed by atoms with Crippen molar-refractivity contribution in [1.82, 2.24) is 4.72 Å². The van der Waals surface area contributed by atoms with Gasteiger partial charge in [0.1, 0.15) is 4.90 Å². The summed E-state index contributed by atoms with van der Waals surface area (Å²) in [7, 11) is -3.58. The predicted octanol–water partition coefficient (Wildman–Crippen LogP) is 2.39. The third-order valence-corrected chi connectivity index (χ3v) is 5.21. The van der Waals surface area contributed by atoms with E-state index in [1.807, 2.05) is 0 Å². The van der Waals surface area contributed by atoms with Crippen LogP contribution in [0.3, 0.4) is 0 Å². The van der Waals surface area contributed by atoms with Crippen molar-refractivity contribution in [1.29, 1.82) is 0 Å². The van der Waals surface area contributed by atoms with E-state index in [-0.39, 0.29) is 16.0 Å². The van der Waals surface area contributed by atoms with Crippen LogP contribution in [-0.2, 0) is 10.0 Å². The lowest BCUT2D eigenvalue weighted by Gasteiger charge is -2.38. The van der Waals surface area contributed by atoms with E-state index in [1.54, 1.807) is 6.07 Å². The van der Waals surface area contributed by atoms with Crippen molar-refractivity contribution < 1.29 is 8.42 Å². The van der Waals surface area contributed by atoms with E-state index in [0.717, 1.165) is 19.3 Å². The Morgan fingerprint density at radius 1 is 1.44 bits per heavy atom. The summed E-state index contributed by atoms with van der Waals surface area (Å²) in [5, 5.41) is 0.361. The zero-order valence-electron chi connectivity index (χ0n) is 10.2. The molecule has 3 N–H and O–H groups in total. The van der Waals surface area contributed by atoms with E-state index < -0.39 is 10.0 Å². The molecule has 0 spiro atoms. The standard InChI is InChI=1S/C12H17ClN2O2S/c1-12(5-2-6-12)8-15-18(16,17)11-7-9(13)3-4-10(11)14/h3-4,7,15H,2,5-6,8,14H2,1H3. The van der Waals surface area contributed by atoms with Crippen LogP contribution in [0.15, 0.2) is 23.1 Å². The van der Waals surface area contributed by atoms with Crippen LogP contribution in [0.5, 0.6) is 0 Å². The molecule has 1 aliphatic rings. The van der Waals surface area contributed by atoms with E-state index in [2.05, 4.69) is 11.6 Å². The summed E-state index contributed by atoms with van der Waals surface area (Å²) in [6.07, 6.45) is 3.28. The number of rotatable bonds is 4. The van der Waals surface area contributed by atoms with Gasteiger partial charge in [0.2, 0.25) is 10.0 Å². The Bertz CT molecular complexity index is 553. The van der Waals surface area contributed by atoms with E-state index in [1.165, 1.54) is 12.1 Å². The first-order valence-corrected chi connectivity index (χ1v) is 7.73. The number of hydrogen-bond donors (Lipinski definition) is 2. The van der Waals surface area contributed by atoms with Crippen LogP contribution >= 0.6 is 11.6 Å². The minimum absolute atomic E-state index is 0.0536. The molecule has 0 unspecified atom stereocenters. The van der Waals surface area contributed by atoms with Crippen LogP contribution in [0.2, 0.25) is 5.02 Å². The number of sulfonamides is 1. The zero-order valence-corrected chi connectivity index (χ0v) is 11.8. The minimum atomic E-state index is -3.58. The molecule has 0 atom stereocenters. The Labute approximate surface area is 113 Å². The van der Waals surface area contributed by atoms with Gasteiger partial charge in [0.15, 0.2) is 0 Å². The molecule has 100 valence electrons. The highest BCUT2D eigenvalue weighted by atomic mass is 35.5. The molecule has 2 rings (SSSR count). The molecule has 0 aromatic heterocycles. The second-order valence-electron chi connectivity index (χ2n) is 5.17. The molecule has 4 nitrogen and oxygen atoms in total. The summed E-state index contributed by atoms with van der Waals surface area (Å²) in [6, 6.07) is 4.45. The van der Waals surface area contributed by atoms with Gasteiger partial charge >= 0.3 is 0 Å². The van der Waals surface area contributed by atoms with Gasteiger partial charge in [-0.2, -0.15) is 0 Å². The third-order valence-electron chi connectivity index (χ3n) is 3.51. The fourth-order valence-electron chi connectivity index (χ4n) is 2.05. The molecule has 0 heterocycles. The number of anilines is 1. The van der Waals surface area contributed by atoms with E-state index in [4.69, 9.17) is 17.3 Å². The quantitative estimate of drug-likeness (QED) is 0.836. The zero-order chi connectivity index (χ0) is 13.4. The number of nitrogens with two attached hydrogens (primary N) is 1. The maximum absolute atomic E-state index is 12.1. The molecule has 1 fully saturated rings. The molecule has 0 amide bonds. The van der Waals surface area contributed by atoms with Crippen LogP contribution in [0.4, 0.5) is 5.69 Å². The molecule has 0 bridgehead atoms. The second-order valence-corrected chi connectivity index (χ2v) is 7.34. The molecule has 1 aliphatic carbocycles. The van der Waals surface area contributed by atoms with E-state index >= 15 is 0 Å². The first-order valence-electron chi connectivity index (χ1n) is 5.87. The highest BCUT2D eigenvalue weighted by Gasteiger charge is 2.33. The third kappa shape index (κ3) is 2.79. The van der Waals surface area contributed by atoms with Crippen LogP contribution in [0, 0.1) is 5.41 Å². The SMILES string of the molecule is CC1(CNS(=O)(=O)c2cc(Cl)ccc2N)CCC1. The Hall–Kier alpha value is -0.780. The van der Waals surface area contributed by atoms with Gasteiger partial charge in [-0.15, -0.1) is 0 Å². The van der Waals surface area contributed by atoms with Gasteiger partial charge in [-0.3, -0.25) is 0 Å². The lowest BCUT2D eigenvalue weighted by Crippen LogP contribution is -2.40. The molecule has 18 heavy (non-hydrogen) atoms. The van der Waals surface area contributed by atoms with Crippen molar-refractivity contribution >= 4 is 27.3 Å². The van der Waals surface area contributed by atoms with Gasteiger partial charge in [0.25, 0.3) is 0 Å². The largest absolute Gasteiger partial charge is 0.398 e. The molecule has 6 heteroatoms. The van der Waals surface area contributed by atoms with Gasteiger partial charge in [-0.1, -0.05) is 24.9 Å². The summed E-state index contributed by atoms with van der Waals surface area (Å²) in [6.45, 7) is 2.53. The normalized spacial score (nSPS) is 18.3. The Balaban J connectivity index is 2.17. The number of hydrogen-bond acceptors (Lipinski definition) is 3. The Morgan fingerprint density at radius 3 is 2.67 bits per heavy atom. The van der Waals surface area contributed by atoms with Crippen LogP contribution in [-0.4, -0.2) is 15.0 Å². The molecular formula is C12H17ClN2O2S. The summed E-state index contributed by atoms with van der Waals surface area (Å²) in [4.78, 5) is 0.0536. The van der Waals surface area contributed by atoms with Crippen molar-refractivity contribution in [3.63, 3.8) is 0 Å². The molecule has 0 radical (unpaired) electrons. The fraction of sp³-hybridized carbons (Fsp3) is 0.500. The van der Waals surface area contributed by atoms with Gasteiger partial charge in [-0.25, -0.2) is 13.1 Å².